The van der Waals surface area contributed by atoms with Gasteiger partial charge in [-0.15, -0.1) is 0 Å². The molecule has 0 bridgehead atoms. The van der Waals surface area contributed by atoms with Crippen LogP contribution in [-0.2, 0) is 0 Å². The summed E-state index contributed by atoms with van der Waals surface area (Å²) in [6.07, 6.45) is 6.02. The summed E-state index contributed by atoms with van der Waals surface area (Å²) in [4.78, 5) is 14.4. The Balaban J connectivity index is 1.96. The quantitative estimate of drug-likeness (QED) is 0.341. The molecule has 144 valence electrons. The molecule has 0 amide bonds. The molecule has 1 heterocycles. The van der Waals surface area contributed by atoms with E-state index in [1.165, 1.54) is 25.7 Å². The number of hydrogen-bond acceptors (Lipinski definition) is 5. The molecule has 5 heteroatoms. The summed E-state index contributed by atoms with van der Waals surface area (Å²) in [5.41, 5.74) is 0.799. The molecule has 0 atom stereocenters. The Kier molecular flexibility index (Phi) is 5.89. The van der Waals surface area contributed by atoms with Gasteiger partial charge in [0, 0.05) is 36.8 Å². The molecule has 0 fully saturated rings. The van der Waals surface area contributed by atoms with Crippen LogP contribution in [0.3, 0.4) is 0 Å². The highest BCUT2D eigenvalue weighted by molar-refractivity contribution is 6.08. The Morgan fingerprint density at radius 2 is 1.85 bits per heavy atom. The minimum Gasteiger partial charge on any atom is -0.507 e. The van der Waals surface area contributed by atoms with Gasteiger partial charge in [-0.05, 0) is 24.6 Å². The lowest BCUT2D eigenvalue weighted by atomic mass is 10.1. The molecule has 3 rings (SSSR count). The van der Waals surface area contributed by atoms with Crippen molar-refractivity contribution in [1.29, 1.82) is 0 Å². The monoisotopic (exact) mass is 369 g/mol. The maximum atomic E-state index is 12.4. The maximum Gasteiger partial charge on any atom is 0.344 e. The molecule has 0 spiro atoms. The van der Waals surface area contributed by atoms with Gasteiger partial charge in [0.25, 0.3) is 0 Å². The fraction of sp³-hybridized carbons (Fsp3) is 0.409. The molecular formula is C22H27NO4. The Morgan fingerprint density at radius 1 is 1.07 bits per heavy atom. The van der Waals surface area contributed by atoms with Crippen molar-refractivity contribution in [2.24, 2.45) is 0 Å². The van der Waals surface area contributed by atoms with E-state index >= 15 is 0 Å². The van der Waals surface area contributed by atoms with E-state index in [0.717, 1.165) is 18.7 Å². The van der Waals surface area contributed by atoms with Crippen molar-refractivity contribution in [3.63, 3.8) is 0 Å². The molecule has 0 aliphatic rings. The van der Waals surface area contributed by atoms with Gasteiger partial charge in [-0.1, -0.05) is 32.6 Å². The zero-order valence-corrected chi connectivity index (χ0v) is 16.2. The van der Waals surface area contributed by atoms with Crippen molar-refractivity contribution in [1.82, 2.24) is 0 Å². The van der Waals surface area contributed by atoms with Crippen molar-refractivity contribution in [3.8, 4) is 11.5 Å². The fourth-order valence-corrected chi connectivity index (χ4v) is 3.43. The summed E-state index contributed by atoms with van der Waals surface area (Å²) in [5.74, 6) is 0.726. The number of nitrogens with zero attached hydrogens (tertiary/aromatic N) is 1. The second kappa shape index (κ2) is 8.33. The minimum absolute atomic E-state index is 0.0994. The van der Waals surface area contributed by atoms with Crippen molar-refractivity contribution in [2.45, 2.75) is 39.0 Å². The molecule has 0 saturated carbocycles. The Morgan fingerprint density at radius 3 is 2.59 bits per heavy atom. The van der Waals surface area contributed by atoms with Crippen LogP contribution < -0.4 is 15.3 Å². The number of aromatic hydroxyl groups is 1. The normalized spacial score (nSPS) is 11.2. The van der Waals surface area contributed by atoms with Gasteiger partial charge in [0.15, 0.2) is 0 Å². The first-order valence-electron chi connectivity index (χ1n) is 9.54. The molecule has 1 N–H and O–H groups in total. The van der Waals surface area contributed by atoms with Crippen LogP contribution in [0.1, 0.15) is 39.0 Å². The van der Waals surface area contributed by atoms with Gasteiger partial charge in [0.1, 0.15) is 17.1 Å². The molecule has 1 aromatic heterocycles. The first-order valence-corrected chi connectivity index (χ1v) is 9.54. The third-order valence-corrected chi connectivity index (χ3v) is 5.02. The third-order valence-electron chi connectivity index (χ3n) is 5.02. The number of rotatable bonds is 8. The van der Waals surface area contributed by atoms with E-state index in [0.29, 0.717) is 27.5 Å². The van der Waals surface area contributed by atoms with Crippen molar-refractivity contribution in [2.75, 3.05) is 25.6 Å². The van der Waals surface area contributed by atoms with E-state index in [1.807, 2.05) is 13.1 Å². The van der Waals surface area contributed by atoms with Gasteiger partial charge in [-0.25, -0.2) is 4.79 Å². The number of hydrogen-bond donors (Lipinski definition) is 1. The largest absolute Gasteiger partial charge is 0.507 e. The Bertz CT molecular complexity index is 993. The molecule has 27 heavy (non-hydrogen) atoms. The lowest BCUT2D eigenvalue weighted by molar-refractivity contribution is 0.415. The van der Waals surface area contributed by atoms with Gasteiger partial charge in [-0.2, -0.15) is 0 Å². The highest BCUT2D eigenvalue weighted by Gasteiger charge is 2.15. The van der Waals surface area contributed by atoms with Gasteiger partial charge in [0.2, 0.25) is 0 Å². The number of benzene rings is 2. The second-order valence-corrected chi connectivity index (χ2v) is 6.97. The fourth-order valence-electron chi connectivity index (χ4n) is 3.43. The Hall–Kier alpha value is -2.69. The number of fused-ring (bicyclic) bond motifs is 3. The van der Waals surface area contributed by atoms with Gasteiger partial charge < -0.3 is 19.2 Å². The molecule has 3 aromatic rings. The van der Waals surface area contributed by atoms with E-state index in [-0.39, 0.29) is 5.75 Å². The minimum atomic E-state index is -0.418. The van der Waals surface area contributed by atoms with Crippen molar-refractivity contribution < 1.29 is 14.3 Å². The summed E-state index contributed by atoms with van der Waals surface area (Å²) in [7, 11) is 3.56. The molecular weight excluding hydrogens is 342 g/mol. The average molecular weight is 369 g/mol. The zero-order valence-electron chi connectivity index (χ0n) is 16.2. The number of unbranched alkanes of at least 4 members (excludes halogenated alkanes) is 4. The molecule has 0 aliphatic heterocycles. The highest BCUT2D eigenvalue weighted by Crippen LogP contribution is 2.36. The summed E-state index contributed by atoms with van der Waals surface area (Å²) in [6, 6.07) is 8.68. The number of phenolic OH excluding ortho intramolecular Hbond substituents is 1. The van der Waals surface area contributed by atoms with Crippen LogP contribution in [-0.4, -0.2) is 25.8 Å². The van der Waals surface area contributed by atoms with Crippen molar-refractivity contribution in [3.05, 3.63) is 40.8 Å². The maximum absolute atomic E-state index is 12.4. The molecule has 2 aromatic carbocycles. The predicted octanol–water partition coefficient (Wildman–Crippen LogP) is 5.07. The lowest BCUT2D eigenvalue weighted by Crippen LogP contribution is -2.18. The number of ether oxygens (including phenoxy) is 1. The molecule has 5 nitrogen and oxygen atoms in total. The second-order valence-electron chi connectivity index (χ2n) is 6.97. The molecule has 0 unspecified atom stereocenters. The van der Waals surface area contributed by atoms with E-state index in [9.17, 15) is 9.90 Å². The SMILES string of the molecule is CCCCCCCN(C)c1cc(O)c2c(c1)oc(=O)c1ccc(OC)cc12. The lowest BCUT2D eigenvalue weighted by Gasteiger charge is -2.20. The highest BCUT2D eigenvalue weighted by atomic mass is 16.5. The first-order chi connectivity index (χ1) is 13.0. The number of anilines is 1. The molecule has 0 radical (unpaired) electrons. The summed E-state index contributed by atoms with van der Waals surface area (Å²) in [5, 5.41) is 12.3. The first kappa shape index (κ1) is 19.1. The van der Waals surface area contributed by atoms with Gasteiger partial charge in [0.05, 0.1) is 17.9 Å². The summed E-state index contributed by atoms with van der Waals surface area (Å²) < 4.78 is 10.8. The van der Waals surface area contributed by atoms with E-state index < -0.39 is 5.63 Å². The smallest absolute Gasteiger partial charge is 0.344 e. The van der Waals surface area contributed by atoms with Gasteiger partial charge >= 0.3 is 5.63 Å². The van der Waals surface area contributed by atoms with E-state index in [2.05, 4.69) is 11.8 Å². The van der Waals surface area contributed by atoms with Gasteiger partial charge in [-0.3, -0.25) is 0 Å². The average Bonchev–Trinajstić information content (AvgIpc) is 2.66. The summed E-state index contributed by atoms with van der Waals surface area (Å²) in [6.45, 7) is 3.09. The molecule has 0 saturated heterocycles. The third kappa shape index (κ3) is 4.02. The summed E-state index contributed by atoms with van der Waals surface area (Å²) >= 11 is 0. The standard InChI is InChI=1S/C22H27NO4/c1-4-5-6-7-8-11-23(2)15-12-19(24)21-18-14-16(26-3)9-10-17(18)22(25)27-20(21)13-15/h9-10,12-14,24H,4-8,11H2,1-3H3. The number of phenols is 1. The topological polar surface area (TPSA) is 62.9 Å². The van der Waals surface area contributed by atoms with Crippen LogP contribution in [0, 0.1) is 0 Å². The van der Waals surface area contributed by atoms with Crippen LogP contribution >= 0.6 is 0 Å². The van der Waals surface area contributed by atoms with Crippen LogP contribution in [0.2, 0.25) is 0 Å². The Labute approximate surface area is 159 Å². The van der Waals surface area contributed by atoms with Crippen LogP contribution in [0.15, 0.2) is 39.5 Å². The predicted molar refractivity (Wildman–Crippen MR) is 110 cm³/mol. The number of methoxy groups -OCH3 is 1. The van der Waals surface area contributed by atoms with Crippen LogP contribution in [0.4, 0.5) is 5.69 Å². The van der Waals surface area contributed by atoms with E-state index in [1.54, 1.807) is 31.4 Å². The van der Waals surface area contributed by atoms with Crippen LogP contribution in [0.25, 0.3) is 21.7 Å². The zero-order chi connectivity index (χ0) is 19.4. The molecule has 0 aliphatic carbocycles. The van der Waals surface area contributed by atoms with Crippen LogP contribution in [0.5, 0.6) is 11.5 Å². The van der Waals surface area contributed by atoms with E-state index in [4.69, 9.17) is 9.15 Å². The van der Waals surface area contributed by atoms with Crippen molar-refractivity contribution >= 4 is 27.4 Å².